The Morgan fingerprint density at radius 1 is 1.16 bits per heavy atom. The van der Waals surface area contributed by atoms with Crippen molar-refractivity contribution in [1.82, 2.24) is 4.31 Å². The van der Waals surface area contributed by atoms with Crippen molar-refractivity contribution in [3.63, 3.8) is 0 Å². The number of nitro benzene ring substituents is 1. The molecule has 10 nitrogen and oxygen atoms in total. The quantitative estimate of drug-likeness (QED) is 0.328. The molecule has 12 heteroatoms. The zero-order chi connectivity index (χ0) is 24.1. The number of ether oxygens (including phenoxy) is 1. The molecule has 0 unspecified atom stereocenters. The predicted molar refractivity (Wildman–Crippen MR) is 118 cm³/mol. The number of esters is 1. The monoisotopic (exact) mass is 483 g/mol. The molecule has 0 spiro atoms. The summed E-state index contributed by atoms with van der Waals surface area (Å²) in [5.74, 6) is -1.73. The zero-order valence-electron chi connectivity index (χ0n) is 17.6. The molecule has 0 aliphatic carbocycles. The van der Waals surface area contributed by atoms with Crippen molar-refractivity contribution in [3.8, 4) is 0 Å². The summed E-state index contributed by atoms with van der Waals surface area (Å²) in [6.07, 6.45) is 0. The lowest BCUT2D eigenvalue weighted by Gasteiger charge is -2.19. The minimum atomic E-state index is -3.73. The third-order valence-corrected chi connectivity index (χ3v) is 6.92. The van der Waals surface area contributed by atoms with Gasteiger partial charge >= 0.3 is 5.97 Å². The maximum atomic E-state index is 12.7. The summed E-state index contributed by atoms with van der Waals surface area (Å²) in [7, 11) is -3.73. The van der Waals surface area contributed by atoms with Crippen LogP contribution >= 0.6 is 11.6 Å². The molecule has 2 aromatic carbocycles. The van der Waals surface area contributed by atoms with Crippen LogP contribution in [0.5, 0.6) is 0 Å². The van der Waals surface area contributed by atoms with E-state index >= 15 is 0 Å². The number of sulfonamides is 1. The van der Waals surface area contributed by atoms with Crippen molar-refractivity contribution in [2.24, 2.45) is 0 Å². The molecular formula is C20H22ClN3O7S. The minimum Gasteiger partial charge on any atom is -0.452 e. The van der Waals surface area contributed by atoms with E-state index in [2.05, 4.69) is 5.32 Å². The summed E-state index contributed by atoms with van der Waals surface area (Å²) < 4.78 is 31.6. The number of benzene rings is 2. The van der Waals surface area contributed by atoms with Gasteiger partial charge in [0, 0.05) is 30.9 Å². The third-order valence-electron chi connectivity index (χ3n) is 4.54. The van der Waals surface area contributed by atoms with E-state index in [0.29, 0.717) is 18.7 Å². The highest BCUT2D eigenvalue weighted by atomic mass is 35.5. The lowest BCUT2D eigenvalue weighted by molar-refractivity contribution is -0.384. The first kappa shape index (κ1) is 25.2. The number of hydrogen-bond acceptors (Lipinski definition) is 7. The topological polar surface area (TPSA) is 136 Å². The molecule has 0 heterocycles. The number of hydrogen-bond donors (Lipinski definition) is 1. The van der Waals surface area contributed by atoms with Gasteiger partial charge in [-0.15, -0.1) is 0 Å². The smallest absolute Gasteiger partial charge is 0.340 e. The first-order valence-electron chi connectivity index (χ1n) is 9.53. The SMILES string of the molecule is CCN(CC)S(=O)(=O)c1ccc(C)c(NC(=O)COC(=O)c2cc([N+](=O)[O-])ccc2Cl)c1. The normalized spacial score (nSPS) is 11.3. The highest BCUT2D eigenvalue weighted by Crippen LogP contribution is 2.24. The molecule has 0 radical (unpaired) electrons. The Morgan fingerprint density at radius 2 is 1.81 bits per heavy atom. The van der Waals surface area contributed by atoms with Crippen LogP contribution in [0.15, 0.2) is 41.3 Å². The number of aryl methyl sites for hydroxylation is 1. The Labute approximate surface area is 190 Å². The first-order valence-corrected chi connectivity index (χ1v) is 11.3. The fraction of sp³-hybridized carbons (Fsp3) is 0.300. The van der Waals surface area contributed by atoms with Crippen LogP contribution in [-0.2, 0) is 19.6 Å². The highest BCUT2D eigenvalue weighted by molar-refractivity contribution is 7.89. The molecule has 0 bridgehead atoms. The van der Waals surface area contributed by atoms with Crippen LogP contribution < -0.4 is 5.32 Å². The molecule has 2 rings (SSSR count). The fourth-order valence-electron chi connectivity index (χ4n) is 2.79. The van der Waals surface area contributed by atoms with E-state index in [9.17, 15) is 28.1 Å². The molecule has 0 atom stereocenters. The molecular weight excluding hydrogens is 462 g/mol. The Bertz CT molecular complexity index is 1150. The zero-order valence-corrected chi connectivity index (χ0v) is 19.2. The van der Waals surface area contributed by atoms with Crippen molar-refractivity contribution in [3.05, 3.63) is 62.7 Å². The number of nitrogens with one attached hydrogen (secondary N) is 1. The number of amides is 1. The van der Waals surface area contributed by atoms with Gasteiger partial charge in [0.2, 0.25) is 10.0 Å². The number of nitro groups is 1. The molecule has 1 amide bonds. The van der Waals surface area contributed by atoms with E-state index in [1.807, 2.05) is 0 Å². The molecule has 32 heavy (non-hydrogen) atoms. The second kappa shape index (κ2) is 10.5. The van der Waals surface area contributed by atoms with Crippen LogP contribution in [0.25, 0.3) is 0 Å². The van der Waals surface area contributed by atoms with Gasteiger partial charge in [0.15, 0.2) is 6.61 Å². The van der Waals surface area contributed by atoms with Gasteiger partial charge in [0.1, 0.15) is 0 Å². The number of anilines is 1. The van der Waals surface area contributed by atoms with Crippen molar-refractivity contribution in [2.45, 2.75) is 25.7 Å². The Morgan fingerprint density at radius 3 is 2.41 bits per heavy atom. The van der Waals surface area contributed by atoms with Crippen LogP contribution in [0.1, 0.15) is 29.8 Å². The van der Waals surface area contributed by atoms with Gasteiger partial charge in [-0.3, -0.25) is 14.9 Å². The molecule has 1 N–H and O–H groups in total. The van der Waals surface area contributed by atoms with Crippen molar-refractivity contribution < 1.29 is 27.7 Å². The van der Waals surface area contributed by atoms with Gasteiger partial charge in [0.25, 0.3) is 11.6 Å². The van der Waals surface area contributed by atoms with Gasteiger partial charge in [-0.05, 0) is 30.7 Å². The summed E-state index contributed by atoms with van der Waals surface area (Å²) in [6.45, 7) is 5.01. The van der Waals surface area contributed by atoms with Crippen LogP contribution in [0.2, 0.25) is 5.02 Å². The number of carbonyl (C=O) groups is 2. The van der Waals surface area contributed by atoms with Gasteiger partial charge in [0.05, 0.1) is 20.4 Å². The largest absolute Gasteiger partial charge is 0.452 e. The van der Waals surface area contributed by atoms with Crippen LogP contribution in [0.3, 0.4) is 0 Å². The maximum Gasteiger partial charge on any atom is 0.340 e. The Kier molecular flexibility index (Phi) is 8.31. The van der Waals surface area contributed by atoms with E-state index < -0.39 is 33.4 Å². The predicted octanol–water partition coefficient (Wildman–Crippen LogP) is 3.38. The molecule has 2 aromatic rings. The molecule has 0 aliphatic heterocycles. The maximum absolute atomic E-state index is 12.7. The van der Waals surface area contributed by atoms with Gasteiger partial charge < -0.3 is 10.1 Å². The Balaban J connectivity index is 2.13. The van der Waals surface area contributed by atoms with Gasteiger partial charge in [-0.1, -0.05) is 31.5 Å². The van der Waals surface area contributed by atoms with Gasteiger partial charge in [-0.25, -0.2) is 13.2 Å². The van der Waals surface area contributed by atoms with Crippen LogP contribution in [0, 0.1) is 17.0 Å². The number of carbonyl (C=O) groups excluding carboxylic acids is 2. The van der Waals surface area contributed by atoms with Crippen molar-refractivity contribution in [1.29, 1.82) is 0 Å². The van der Waals surface area contributed by atoms with Crippen molar-refractivity contribution >= 4 is 44.9 Å². The molecule has 172 valence electrons. The second-order valence-corrected chi connectivity index (χ2v) is 8.96. The summed E-state index contributed by atoms with van der Waals surface area (Å²) in [4.78, 5) is 34.7. The van der Waals surface area contributed by atoms with Crippen molar-refractivity contribution in [2.75, 3.05) is 25.0 Å². The molecule has 0 saturated carbocycles. The molecule has 0 fully saturated rings. The second-order valence-electron chi connectivity index (χ2n) is 6.61. The minimum absolute atomic E-state index is 0.0162. The number of non-ortho nitro benzene ring substituents is 1. The molecule has 0 saturated heterocycles. The van der Waals surface area contributed by atoms with E-state index in [-0.39, 0.29) is 26.9 Å². The fourth-order valence-corrected chi connectivity index (χ4v) is 4.47. The third kappa shape index (κ3) is 5.81. The highest BCUT2D eigenvalue weighted by Gasteiger charge is 2.23. The van der Waals surface area contributed by atoms with Crippen LogP contribution in [-0.4, -0.2) is 49.2 Å². The summed E-state index contributed by atoms with van der Waals surface area (Å²) in [5, 5.41) is 13.3. The van der Waals surface area contributed by atoms with E-state index in [4.69, 9.17) is 16.3 Å². The first-order chi connectivity index (χ1) is 15.0. The Hall–Kier alpha value is -3.02. The molecule has 0 aromatic heterocycles. The summed E-state index contributed by atoms with van der Waals surface area (Å²) in [5.41, 5.74) is 0.238. The van der Waals surface area contributed by atoms with E-state index in [1.165, 1.54) is 22.5 Å². The number of nitrogens with zero attached hydrogens (tertiary/aromatic N) is 2. The number of rotatable bonds is 9. The van der Waals surface area contributed by atoms with Crippen LogP contribution in [0.4, 0.5) is 11.4 Å². The standard InChI is InChI=1S/C20H22ClN3O7S/c1-4-23(5-2)32(29,30)15-8-6-13(3)18(11-15)22-19(25)12-31-20(26)16-10-14(24(27)28)7-9-17(16)21/h6-11H,4-5,12H2,1-3H3,(H,22,25). The summed E-state index contributed by atoms with van der Waals surface area (Å²) in [6, 6.07) is 7.60. The molecule has 0 aliphatic rings. The average Bonchev–Trinajstić information content (AvgIpc) is 2.74. The number of halogens is 1. The van der Waals surface area contributed by atoms with E-state index in [0.717, 1.165) is 12.1 Å². The summed E-state index contributed by atoms with van der Waals surface area (Å²) >= 11 is 5.89. The average molecular weight is 484 g/mol. The van der Waals surface area contributed by atoms with E-state index in [1.54, 1.807) is 26.8 Å². The lowest BCUT2D eigenvalue weighted by Crippen LogP contribution is -2.30. The van der Waals surface area contributed by atoms with Gasteiger partial charge in [-0.2, -0.15) is 4.31 Å². The lowest BCUT2D eigenvalue weighted by atomic mass is 10.2.